The Bertz CT molecular complexity index is 340. The molecule has 0 aliphatic heterocycles. The van der Waals surface area contributed by atoms with Crippen LogP contribution in [0.25, 0.3) is 0 Å². The van der Waals surface area contributed by atoms with Crippen molar-refractivity contribution in [3.8, 4) is 11.5 Å². The van der Waals surface area contributed by atoms with Gasteiger partial charge in [-0.25, -0.2) is 0 Å². The Balaban J connectivity index is 3.31. The molecular formula is C11H17NO2. The van der Waals surface area contributed by atoms with Crippen molar-refractivity contribution in [3.05, 3.63) is 23.3 Å². The van der Waals surface area contributed by atoms with E-state index in [2.05, 4.69) is 0 Å². The summed E-state index contributed by atoms with van der Waals surface area (Å²) in [5.74, 6) is 0.896. The molecule has 0 amide bonds. The minimum absolute atomic E-state index is 0.219. The summed E-state index contributed by atoms with van der Waals surface area (Å²) in [7, 11) is 1.58. The van der Waals surface area contributed by atoms with Crippen LogP contribution >= 0.6 is 0 Å². The van der Waals surface area contributed by atoms with Gasteiger partial charge in [-0.15, -0.1) is 0 Å². The Labute approximate surface area is 84.5 Å². The van der Waals surface area contributed by atoms with Crippen molar-refractivity contribution in [2.24, 2.45) is 5.73 Å². The molecule has 3 nitrogen and oxygen atoms in total. The van der Waals surface area contributed by atoms with Crippen molar-refractivity contribution in [1.29, 1.82) is 0 Å². The minimum atomic E-state index is -0.541. The van der Waals surface area contributed by atoms with Gasteiger partial charge in [0.25, 0.3) is 0 Å². The van der Waals surface area contributed by atoms with Gasteiger partial charge in [0.2, 0.25) is 0 Å². The highest BCUT2D eigenvalue weighted by Crippen LogP contribution is 2.34. The maximum Gasteiger partial charge on any atom is 0.127 e. The zero-order chi connectivity index (χ0) is 10.9. The van der Waals surface area contributed by atoms with Gasteiger partial charge in [0.15, 0.2) is 0 Å². The number of phenols is 1. The number of rotatable bonds is 2. The van der Waals surface area contributed by atoms with E-state index >= 15 is 0 Å². The maximum atomic E-state index is 9.89. The van der Waals surface area contributed by atoms with E-state index in [4.69, 9.17) is 10.5 Å². The van der Waals surface area contributed by atoms with Crippen LogP contribution in [0, 0.1) is 6.92 Å². The highest BCUT2D eigenvalue weighted by atomic mass is 16.5. The molecule has 0 aliphatic carbocycles. The van der Waals surface area contributed by atoms with Crippen LogP contribution in [0.15, 0.2) is 12.1 Å². The average molecular weight is 195 g/mol. The second-order valence-electron chi connectivity index (χ2n) is 4.01. The fourth-order valence-electron chi connectivity index (χ4n) is 1.42. The van der Waals surface area contributed by atoms with Gasteiger partial charge in [0.05, 0.1) is 7.11 Å². The van der Waals surface area contributed by atoms with Crippen molar-refractivity contribution < 1.29 is 9.84 Å². The third-order valence-corrected chi connectivity index (χ3v) is 2.30. The van der Waals surface area contributed by atoms with Crippen molar-refractivity contribution >= 4 is 0 Å². The third kappa shape index (κ3) is 1.82. The topological polar surface area (TPSA) is 55.5 Å². The van der Waals surface area contributed by atoms with E-state index < -0.39 is 5.54 Å². The number of aromatic hydroxyl groups is 1. The Morgan fingerprint density at radius 2 is 1.93 bits per heavy atom. The summed E-state index contributed by atoms with van der Waals surface area (Å²) in [6, 6.07) is 3.61. The second-order valence-corrected chi connectivity index (χ2v) is 4.01. The molecule has 0 aliphatic rings. The fraction of sp³-hybridized carbons (Fsp3) is 0.455. The quantitative estimate of drug-likeness (QED) is 0.757. The Morgan fingerprint density at radius 1 is 1.36 bits per heavy atom. The predicted octanol–water partition coefficient (Wildman–Crippen LogP) is 1.90. The van der Waals surface area contributed by atoms with Crippen molar-refractivity contribution in [3.63, 3.8) is 0 Å². The summed E-state index contributed by atoms with van der Waals surface area (Å²) >= 11 is 0. The number of benzene rings is 1. The first kappa shape index (κ1) is 10.9. The molecule has 0 atom stereocenters. The number of hydrogen-bond donors (Lipinski definition) is 2. The van der Waals surface area contributed by atoms with E-state index in [9.17, 15) is 5.11 Å². The molecule has 0 saturated carbocycles. The van der Waals surface area contributed by atoms with Gasteiger partial charge < -0.3 is 15.6 Å². The number of hydrogen-bond acceptors (Lipinski definition) is 3. The molecule has 3 heteroatoms. The molecule has 0 aromatic heterocycles. The molecule has 0 bridgehead atoms. The Hall–Kier alpha value is -1.22. The van der Waals surface area contributed by atoms with Crippen LogP contribution in [-0.4, -0.2) is 12.2 Å². The summed E-state index contributed by atoms with van der Waals surface area (Å²) in [4.78, 5) is 0. The van der Waals surface area contributed by atoms with Crippen molar-refractivity contribution in [1.82, 2.24) is 0 Å². The lowest BCUT2D eigenvalue weighted by molar-refractivity contribution is 0.395. The van der Waals surface area contributed by atoms with Crippen LogP contribution < -0.4 is 10.5 Å². The van der Waals surface area contributed by atoms with Gasteiger partial charge in [-0.3, -0.25) is 0 Å². The molecule has 78 valence electrons. The fourth-order valence-corrected chi connectivity index (χ4v) is 1.42. The highest BCUT2D eigenvalue weighted by Gasteiger charge is 2.20. The molecule has 0 spiro atoms. The number of methoxy groups -OCH3 is 1. The van der Waals surface area contributed by atoms with Crippen LogP contribution in [0.5, 0.6) is 11.5 Å². The van der Waals surface area contributed by atoms with E-state index in [1.165, 1.54) is 0 Å². The van der Waals surface area contributed by atoms with E-state index in [-0.39, 0.29) is 5.75 Å². The van der Waals surface area contributed by atoms with Gasteiger partial charge in [-0.2, -0.15) is 0 Å². The monoisotopic (exact) mass is 195 g/mol. The van der Waals surface area contributed by atoms with Gasteiger partial charge in [0.1, 0.15) is 11.5 Å². The molecule has 1 aromatic carbocycles. The molecule has 0 unspecified atom stereocenters. The standard InChI is InChI=1S/C11H17NO2/c1-7-9(14-4)6-5-8(10(7)13)11(2,3)12/h5-6,13H,12H2,1-4H3. The average Bonchev–Trinajstić information content (AvgIpc) is 2.07. The predicted molar refractivity (Wildman–Crippen MR) is 56.6 cm³/mol. The molecule has 14 heavy (non-hydrogen) atoms. The molecule has 0 saturated heterocycles. The summed E-state index contributed by atoms with van der Waals surface area (Å²) in [6.07, 6.45) is 0. The zero-order valence-electron chi connectivity index (χ0n) is 9.09. The Kier molecular flexibility index (Phi) is 2.71. The van der Waals surface area contributed by atoms with Gasteiger partial charge in [-0.1, -0.05) is 0 Å². The highest BCUT2D eigenvalue weighted by molar-refractivity contribution is 5.50. The lowest BCUT2D eigenvalue weighted by Gasteiger charge is -2.22. The SMILES string of the molecule is COc1ccc(C(C)(C)N)c(O)c1C. The smallest absolute Gasteiger partial charge is 0.127 e. The second kappa shape index (κ2) is 3.50. The minimum Gasteiger partial charge on any atom is -0.507 e. The largest absolute Gasteiger partial charge is 0.507 e. The molecule has 0 fully saturated rings. The molecular weight excluding hydrogens is 178 g/mol. The van der Waals surface area contributed by atoms with Crippen LogP contribution in [0.1, 0.15) is 25.0 Å². The van der Waals surface area contributed by atoms with Gasteiger partial charge in [0, 0.05) is 16.7 Å². The first-order valence-corrected chi connectivity index (χ1v) is 4.54. The number of phenolic OH excluding ortho intramolecular Hbond substituents is 1. The summed E-state index contributed by atoms with van der Waals surface area (Å²) in [5.41, 5.74) is 6.83. The van der Waals surface area contributed by atoms with Crippen LogP contribution in [0.4, 0.5) is 0 Å². The number of nitrogens with two attached hydrogens (primary N) is 1. The summed E-state index contributed by atoms with van der Waals surface area (Å²) < 4.78 is 5.09. The Morgan fingerprint density at radius 3 is 2.36 bits per heavy atom. The molecule has 0 heterocycles. The lowest BCUT2D eigenvalue weighted by Crippen LogP contribution is -2.28. The third-order valence-electron chi connectivity index (χ3n) is 2.30. The van der Waals surface area contributed by atoms with Crippen molar-refractivity contribution in [2.75, 3.05) is 7.11 Å². The summed E-state index contributed by atoms with van der Waals surface area (Å²) in [5, 5.41) is 9.89. The van der Waals surface area contributed by atoms with Crippen LogP contribution in [0.3, 0.4) is 0 Å². The number of ether oxygens (including phenoxy) is 1. The van der Waals surface area contributed by atoms with Gasteiger partial charge >= 0.3 is 0 Å². The molecule has 1 aromatic rings. The molecule has 0 radical (unpaired) electrons. The first-order chi connectivity index (χ1) is 6.38. The molecule has 1 rings (SSSR count). The van der Waals surface area contributed by atoms with E-state index in [0.717, 1.165) is 11.1 Å². The maximum absolute atomic E-state index is 9.89. The summed E-state index contributed by atoms with van der Waals surface area (Å²) in [6.45, 7) is 5.52. The van der Waals surface area contributed by atoms with E-state index in [0.29, 0.717) is 5.75 Å². The molecule has 3 N–H and O–H groups in total. The van der Waals surface area contributed by atoms with Crippen LogP contribution in [0.2, 0.25) is 0 Å². The van der Waals surface area contributed by atoms with E-state index in [1.54, 1.807) is 13.2 Å². The lowest BCUT2D eigenvalue weighted by atomic mass is 9.92. The first-order valence-electron chi connectivity index (χ1n) is 4.54. The normalized spacial score (nSPS) is 11.5. The van der Waals surface area contributed by atoms with E-state index in [1.807, 2.05) is 26.8 Å². The van der Waals surface area contributed by atoms with Crippen LogP contribution in [-0.2, 0) is 5.54 Å². The van der Waals surface area contributed by atoms with Crippen molar-refractivity contribution in [2.45, 2.75) is 26.3 Å². The van der Waals surface area contributed by atoms with Gasteiger partial charge in [-0.05, 0) is 32.9 Å². The zero-order valence-corrected chi connectivity index (χ0v) is 9.09.